The standard InChI is InChI=1S/C18H19NO2/c1-13-5-2-3-8-16(13)12-17(20)10-14-6-4-7-15(9-14)11-18(19)21/h2-9H,10-12H2,1H3,(H2,19,21). The Morgan fingerprint density at radius 3 is 2.24 bits per heavy atom. The molecule has 0 radical (unpaired) electrons. The molecule has 0 saturated carbocycles. The fraction of sp³-hybridized carbons (Fsp3) is 0.222. The number of hydrogen-bond donors (Lipinski definition) is 1. The van der Waals surface area contributed by atoms with Crippen molar-refractivity contribution in [2.24, 2.45) is 5.73 Å². The van der Waals surface area contributed by atoms with Crippen LogP contribution in [0.1, 0.15) is 22.3 Å². The monoisotopic (exact) mass is 281 g/mol. The number of nitrogens with two attached hydrogens (primary N) is 1. The van der Waals surface area contributed by atoms with E-state index in [1.165, 1.54) is 0 Å². The molecule has 1 amide bonds. The summed E-state index contributed by atoms with van der Waals surface area (Å²) in [6, 6.07) is 15.4. The van der Waals surface area contributed by atoms with Crippen LogP contribution in [0.25, 0.3) is 0 Å². The first-order chi connectivity index (χ1) is 10.0. The smallest absolute Gasteiger partial charge is 0.221 e. The highest BCUT2D eigenvalue weighted by Crippen LogP contribution is 2.12. The molecule has 0 saturated heterocycles. The Morgan fingerprint density at radius 2 is 1.57 bits per heavy atom. The summed E-state index contributed by atoms with van der Waals surface area (Å²) >= 11 is 0. The van der Waals surface area contributed by atoms with Crippen LogP contribution < -0.4 is 5.73 Å². The first-order valence-corrected chi connectivity index (χ1v) is 6.97. The zero-order chi connectivity index (χ0) is 15.2. The lowest BCUT2D eigenvalue weighted by atomic mass is 9.98. The fourth-order valence-corrected chi connectivity index (χ4v) is 2.36. The van der Waals surface area contributed by atoms with Crippen LogP contribution in [-0.2, 0) is 28.9 Å². The van der Waals surface area contributed by atoms with Gasteiger partial charge in [-0.1, -0.05) is 48.5 Å². The van der Waals surface area contributed by atoms with Crippen LogP contribution in [0.5, 0.6) is 0 Å². The van der Waals surface area contributed by atoms with Crippen molar-refractivity contribution in [2.75, 3.05) is 0 Å². The molecule has 3 nitrogen and oxygen atoms in total. The van der Waals surface area contributed by atoms with E-state index in [1.807, 2.05) is 55.5 Å². The molecule has 2 rings (SSSR count). The summed E-state index contributed by atoms with van der Waals surface area (Å²) in [6.07, 6.45) is 1.02. The Balaban J connectivity index is 2.03. The molecule has 2 aromatic rings. The minimum Gasteiger partial charge on any atom is -0.369 e. The van der Waals surface area contributed by atoms with Crippen molar-refractivity contribution in [2.45, 2.75) is 26.2 Å². The molecule has 3 heteroatoms. The van der Waals surface area contributed by atoms with Gasteiger partial charge in [0, 0.05) is 12.8 Å². The summed E-state index contributed by atoms with van der Waals surface area (Å²) in [5.74, 6) is -0.195. The number of aryl methyl sites for hydroxylation is 1. The van der Waals surface area contributed by atoms with Gasteiger partial charge >= 0.3 is 0 Å². The van der Waals surface area contributed by atoms with Crippen molar-refractivity contribution in [1.82, 2.24) is 0 Å². The Bertz CT molecular complexity index is 662. The highest BCUT2D eigenvalue weighted by Gasteiger charge is 2.08. The molecule has 0 bridgehead atoms. The van der Waals surface area contributed by atoms with Gasteiger partial charge in [0.15, 0.2) is 0 Å². The highest BCUT2D eigenvalue weighted by molar-refractivity contribution is 5.83. The van der Waals surface area contributed by atoms with Gasteiger partial charge in [0.25, 0.3) is 0 Å². The molecule has 21 heavy (non-hydrogen) atoms. The number of ketones is 1. The third-order valence-electron chi connectivity index (χ3n) is 3.42. The molecule has 108 valence electrons. The SMILES string of the molecule is Cc1ccccc1CC(=O)Cc1cccc(CC(N)=O)c1. The first-order valence-electron chi connectivity index (χ1n) is 6.97. The van der Waals surface area contributed by atoms with Crippen molar-refractivity contribution in [3.05, 3.63) is 70.8 Å². The van der Waals surface area contributed by atoms with Gasteiger partial charge in [0.1, 0.15) is 5.78 Å². The molecule has 0 spiro atoms. The van der Waals surface area contributed by atoms with E-state index in [1.54, 1.807) is 0 Å². The van der Waals surface area contributed by atoms with Gasteiger partial charge in [-0.15, -0.1) is 0 Å². The molecular formula is C18H19NO2. The average Bonchev–Trinajstić information content (AvgIpc) is 2.41. The van der Waals surface area contributed by atoms with Crippen LogP contribution in [0, 0.1) is 6.92 Å². The van der Waals surface area contributed by atoms with E-state index in [0.717, 1.165) is 22.3 Å². The highest BCUT2D eigenvalue weighted by atomic mass is 16.1. The largest absolute Gasteiger partial charge is 0.369 e. The first kappa shape index (κ1) is 15.0. The van der Waals surface area contributed by atoms with Gasteiger partial charge in [-0.3, -0.25) is 9.59 Å². The summed E-state index contributed by atoms with van der Waals surface area (Å²) in [5.41, 5.74) is 9.16. The molecule has 0 heterocycles. The quantitative estimate of drug-likeness (QED) is 0.883. The maximum absolute atomic E-state index is 12.2. The Hall–Kier alpha value is -2.42. The maximum atomic E-state index is 12.2. The molecule has 0 unspecified atom stereocenters. The lowest BCUT2D eigenvalue weighted by Crippen LogP contribution is -2.14. The molecule has 0 aromatic heterocycles. The van der Waals surface area contributed by atoms with E-state index < -0.39 is 0 Å². The van der Waals surface area contributed by atoms with Crippen molar-refractivity contribution in [1.29, 1.82) is 0 Å². The summed E-state index contributed by atoms with van der Waals surface area (Å²) in [6.45, 7) is 2.01. The second kappa shape index (κ2) is 6.84. The van der Waals surface area contributed by atoms with Crippen molar-refractivity contribution < 1.29 is 9.59 Å². The fourth-order valence-electron chi connectivity index (χ4n) is 2.36. The third-order valence-corrected chi connectivity index (χ3v) is 3.42. The molecule has 0 aliphatic carbocycles. The van der Waals surface area contributed by atoms with E-state index in [2.05, 4.69) is 0 Å². The topological polar surface area (TPSA) is 60.2 Å². The summed E-state index contributed by atoms with van der Waals surface area (Å²) < 4.78 is 0. The van der Waals surface area contributed by atoms with Crippen molar-refractivity contribution in [3.63, 3.8) is 0 Å². The van der Waals surface area contributed by atoms with Gasteiger partial charge in [-0.25, -0.2) is 0 Å². The Labute approximate surface area is 124 Å². The molecule has 2 N–H and O–H groups in total. The van der Waals surface area contributed by atoms with E-state index in [0.29, 0.717) is 12.8 Å². The summed E-state index contributed by atoms with van der Waals surface area (Å²) in [4.78, 5) is 23.1. The van der Waals surface area contributed by atoms with E-state index in [4.69, 9.17) is 5.73 Å². The summed E-state index contributed by atoms with van der Waals surface area (Å²) in [5, 5.41) is 0. The zero-order valence-electron chi connectivity index (χ0n) is 12.1. The van der Waals surface area contributed by atoms with Crippen LogP contribution in [0.4, 0.5) is 0 Å². The number of carbonyl (C=O) groups excluding carboxylic acids is 2. The molecule has 0 aliphatic rings. The van der Waals surface area contributed by atoms with Gasteiger partial charge in [0.2, 0.25) is 5.91 Å². The van der Waals surface area contributed by atoms with Gasteiger partial charge in [-0.2, -0.15) is 0 Å². The molecular weight excluding hydrogens is 262 g/mol. The predicted molar refractivity (Wildman–Crippen MR) is 82.9 cm³/mol. The molecule has 0 fully saturated rings. The van der Waals surface area contributed by atoms with Crippen LogP contribution >= 0.6 is 0 Å². The van der Waals surface area contributed by atoms with Gasteiger partial charge in [0.05, 0.1) is 6.42 Å². The number of rotatable bonds is 6. The predicted octanol–water partition coefficient (Wildman–Crippen LogP) is 2.38. The number of benzene rings is 2. The van der Waals surface area contributed by atoms with E-state index >= 15 is 0 Å². The van der Waals surface area contributed by atoms with Gasteiger partial charge < -0.3 is 5.73 Å². The van der Waals surface area contributed by atoms with Crippen LogP contribution in [0.3, 0.4) is 0 Å². The molecule has 0 atom stereocenters. The maximum Gasteiger partial charge on any atom is 0.221 e. The number of carbonyl (C=O) groups is 2. The minimum absolute atomic E-state index is 0.167. The van der Waals surface area contributed by atoms with Crippen LogP contribution in [0.2, 0.25) is 0 Å². The van der Waals surface area contributed by atoms with Crippen LogP contribution in [-0.4, -0.2) is 11.7 Å². The Kier molecular flexibility index (Phi) is 4.88. The normalized spacial score (nSPS) is 10.3. The number of Topliss-reactive ketones (excluding diaryl/α,β-unsaturated/α-hetero) is 1. The van der Waals surface area contributed by atoms with Gasteiger partial charge in [-0.05, 0) is 29.2 Å². The summed E-state index contributed by atoms with van der Waals surface area (Å²) in [7, 11) is 0. The molecule has 2 aromatic carbocycles. The lowest BCUT2D eigenvalue weighted by Gasteiger charge is -2.06. The zero-order valence-corrected chi connectivity index (χ0v) is 12.1. The van der Waals surface area contributed by atoms with E-state index in [9.17, 15) is 9.59 Å². The average molecular weight is 281 g/mol. The van der Waals surface area contributed by atoms with E-state index in [-0.39, 0.29) is 18.1 Å². The number of amides is 1. The third kappa shape index (κ3) is 4.56. The second-order valence-corrected chi connectivity index (χ2v) is 5.28. The number of hydrogen-bond acceptors (Lipinski definition) is 2. The van der Waals surface area contributed by atoms with Crippen molar-refractivity contribution >= 4 is 11.7 Å². The minimum atomic E-state index is -0.363. The van der Waals surface area contributed by atoms with Crippen LogP contribution in [0.15, 0.2) is 48.5 Å². The lowest BCUT2D eigenvalue weighted by molar-refractivity contribution is -0.118. The van der Waals surface area contributed by atoms with Crippen molar-refractivity contribution in [3.8, 4) is 0 Å². The second-order valence-electron chi connectivity index (χ2n) is 5.28. The molecule has 0 aliphatic heterocycles. The number of primary amides is 1. The Morgan fingerprint density at radius 1 is 0.905 bits per heavy atom.